The highest BCUT2D eigenvalue weighted by molar-refractivity contribution is 5.79. The first-order valence-electron chi connectivity index (χ1n) is 8.76. The predicted molar refractivity (Wildman–Crippen MR) is 90.1 cm³/mol. The van der Waals surface area contributed by atoms with Gasteiger partial charge in [0.05, 0.1) is 12.5 Å². The zero-order valence-corrected chi connectivity index (χ0v) is 14.5. The van der Waals surface area contributed by atoms with E-state index >= 15 is 0 Å². The predicted octanol–water partition coefficient (Wildman–Crippen LogP) is 0.716. The van der Waals surface area contributed by atoms with Crippen LogP contribution in [-0.4, -0.2) is 84.2 Å². The molecule has 3 rings (SSSR count). The Labute approximate surface area is 146 Å². The summed E-state index contributed by atoms with van der Waals surface area (Å²) in [4.78, 5) is 18.6. The summed E-state index contributed by atoms with van der Waals surface area (Å²) >= 11 is 0. The number of hydrogen-bond acceptors (Lipinski definition) is 4. The lowest BCUT2D eigenvalue weighted by Gasteiger charge is -2.44. The Balaban J connectivity index is 1.55. The molecule has 1 amide bonds. The molecule has 0 bridgehead atoms. The third kappa shape index (κ3) is 4.34. The van der Waals surface area contributed by atoms with Gasteiger partial charge in [0.25, 0.3) is 0 Å². The van der Waals surface area contributed by atoms with E-state index in [9.17, 15) is 18.7 Å². The van der Waals surface area contributed by atoms with Crippen molar-refractivity contribution in [1.82, 2.24) is 14.7 Å². The molecule has 2 aliphatic rings. The van der Waals surface area contributed by atoms with Gasteiger partial charge in [0, 0.05) is 45.3 Å². The van der Waals surface area contributed by atoms with Crippen molar-refractivity contribution >= 4 is 5.91 Å². The summed E-state index contributed by atoms with van der Waals surface area (Å²) in [5, 5.41) is 10.5. The van der Waals surface area contributed by atoms with E-state index in [4.69, 9.17) is 0 Å². The van der Waals surface area contributed by atoms with Crippen LogP contribution in [-0.2, 0) is 11.2 Å². The molecule has 2 aliphatic heterocycles. The highest BCUT2D eigenvalue weighted by Crippen LogP contribution is 2.20. The summed E-state index contributed by atoms with van der Waals surface area (Å²) < 4.78 is 26.2. The van der Waals surface area contributed by atoms with Crippen LogP contribution in [0.5, 0.6) is 0 Å². The van der Waals surface area contributed by atoms with Crippen LogP contribution in [0.3, 0.4) is 0 Å². The first-order valence-corrected chi connectivity index (χ1v) is 8.76. The minimum Gasteiger partial charge on any atom is -0.390 e. The van der Waals surface area contributed by atoms with Crippen molar-refractivity contribution in [2.45, 2.75) is 25.0 Å². The van der Waals surface area contributed by atoms with E-state index in [2.05, 4.69) is 16.8 Å². The number of piperidine rings is 1. The Morgan fingerprint density at radius 2 is 1.88 bits per heavy atom. The number of aliphatic hydroxyl groups is 1. The molecule has 0 aliphatic carbocycles. The van der Waals surface area contributed by atoms with Crippen molar-refractivity contribution in [3.63, 3.8) is 0 Å². The number of nitrogens with zero attached hydrogens (tertiary/aromatic N) is 3. The highest BCUT2D eigenvalue weighted by atomic mass is 19.2. The number of piperazine rings is 1. The first-order chi connectivity index (χ1) is 11.9. The molecular weight excluding hydrogens is 328 g/mol. The molecule has 2 saturated heterocycles. The second-order valence-electron chi connectivity index (χ2n) is 7.03. The number of aliphatic hydroxyl groups excluding tert-OH is 1. The van der Waals surface area contributed by atoms with Crippen LogP contribution in [0.25, 0.3) is 0 Å². The minimum absolute atomic E-state index is 0.0170. The maximum atomic E-state index is 13.3. The van der Waals surface area contributed by atoms with Crippen LogP contribution in [0.2, 0.25) is 0 Å². The summed E-state index contributed by atoms with van der Waals surface area (Å²) in [7, 11) is 2.09. The van der Waals surface area contributed by atoms with Crippen molar-refractivity contribution in [2.24, 2.45) is 0 Å². The summed E-state index contributed by atoms with van der Waals surface area (Å²) in [6.45, 7) is 4.71. The summed E-state index contributed by atoms with van der Waals surface area (Å²) in [5.74, 6) is -2.03. The number of β-amino-alcohol motifs (C(OH)–C–C–N with tert-alkyl or cyclic N) is 1. The van der Waals surface area contributed by atoms with Crippen molar-refractivity contribution in [3.05, 3.63) is 35.4 Å². The van der Waals surface area contributed by atoms with Gasteiger partial charge in [-0.3, -0.25) is 9.69 Å². The standard InChI is InChI=1S/C18H25F2N3O2/c1-21-6-8-22(9-7-21)16-4-5-23(12-17(16)24)18(25)11-13-2-3-14(19)15(20)10-13/h2-3,10,16-17,24H,4-9,11-12H2,1H3/t16-,17-/m1/s1. The summed E-state index contributed by atoms with van der Waals surface area (Å²) in [6.07, 6.45) is 0.170. The number of likely N-dealkylation sites (tertiary alicyclic amines) is 1. The van der Waals surface area contributed by atoms with Gasteiger partial charge in [0.2, 0.25) is 5.91 Å². The van der Waals surface area contributed by atoms with Crippen LogP contribution < -0.4 is 0 Å². The molecule has 25 heavy (non-hydrogen) atoms. The zero-order valence-electron chi connectivity index (χ0n) is 14.5. The maximum Gasteiger partial charge on any atom is 0.227 e. The van der Waals surface area contributed by atoms with E-state index in [-0.39, 0.29) is 18.4 Å². The van der Waals surface area contributed by atoms with Crippen LogP contribution in [0.4, 0.5) is 8.78 Å². The Morgan fingerprint density at radius 1 is 1.16 bits per heavy atom. The normalized spacial score (nSPS) is 26.0. The molecule has 2 atom stereocenters. The Kier molecular flexibility index (Phi) is 5.66. The second kappa shape index (κ2) is 7.76. The lowest BCUT2D eigenvalue weighted by atomic mass is 9.98. The zero-order chi connectivity index (χ0) is 18.0. The molecule has 0 saturated carbocycles. The minimum atomic E-state index is -0.945. The molecule has 1 aromatic rings. The van der Waals surface area contributed by atoms with Crippen LogP contribution >= 0.6 is 0 Å². The topological polar surface area (TPSA) is 47.0 Å². The quantitative estimate of drug-likeness (QED) is 0.870. The largest absolute Gasteiger partial charge is 0.390 e. The van der Waals surface area contributed by atoms with E-state index in [1.165, 1.54) is 6.07 Å². The third-order valence-corrected chi connectivity index (χ3v) is 5.25. The lowest BCUT2D eigenvalue weighted by molar-refractivity contribution is -0.135. The summed E-state index contributed by atoms with van der Waals surface area (Å²) in [6, 6.07) is 3.59. The van der Waals surface area contributed by atoms with Gasteiger partial charge in [-0.25, -0.2) is 8.78 Å². The van der Waals surface area contributed by atoms with Gasteiger partial charge in [-0.1, -0.05) is 6.07 Å². The highest BCUT2D eigenvalue weighted by Gasteiger charge is 2.34. The molecule has 0 unspecified atom stereocenters. The van der Waals surface area contributed by atoms with Gasteiger partial charge in [-0.2, -0.15) is 0 Å². The Morgan fingerprint density at radius 3 is 2.52 bits per heavy atom. The van der Waals surface area contributed by atoms with E-state index in [1.54, 1.807) is 4.90 Å². The number of hydrogen-bond donors (Lipinski definition) is 1. The number of rotatable bonds is 3. The van der Waals surface area contributed by atoms with Crippen molar-refractivity contribution in [3.8, 4) is 0 Å². The number of benzene rings is 1. The van der Waals surface area contributed by atoms with E-state index in [0.29, 0.717) is 18.7 Å². The van der Waals surface area contributed by atoms with Crippen molar-refractivity contribution < 1.29 is 18.7 Å². The molecule has 0 aromatic heterocycles. The number of likely N-dealkylation sites (N-methyl/N-ethyl adjacent to an activating group) is 1. The molecule has 7 heteroatoms. The molecule has 0 spiro atoms. The number of carbonyl (C=O) groups excluding carboxylic acids is 1. The van der Waals surface area contributed by atoms with Gasteiger partial charge in [0.1, 0.15) is 0 Å². The molecule has 5 nitrogen and oxygen atoms in total. The van der Waals surface area contributed by atoms with Gasteiger partial charge in [-0.05, 0) is 31.2 Å². The monoisotopic (exact) mass is 353 g/mol. The SMILES string of the molecule is CN1CCN([C@@H]2CCN(C(=O)Cc3ccc(F)c(F)c3)C[C@H]2O)CC1. The Hall–Kier alpha value is -1.57. The number of amides is 1. The second-order valence-corrected chi connectivity index (χ2v) is 7.03. The molecule has 1 N–H and O–H groups in total. The van der Waals surface area contributed by atoms with Crippen LogP contribution in [0, 0.1) is 11.6 Å². The Bertz CT molecular complexity index is 620. The average Bonchev–Trinajstić information content (AvgIpc) is 2.59. The number of carbonyl (C=O) groups is 1. The molecular formula is C18H25F2N3O2. The fourth-order valence-electron chi connectivity index (χ4n) is 3.66. The fourth-order valence-corrected chi connectivity index (χ4v) is 3.66. The average molecular weight is 353 g/mol. The third-order valence-electron chi connectivity index (χ3n) is 5.25. The van der Waals surface area contributed by atoms with E-state index in [0.717, 1.165) is 44.7 Å². The molecule has 2 fully saturated rings. The molecule has 0 radical (unpaired) electrons. The van der Waals surface area contributed by atoms with E-state index < -0.39 is 17.7 Å². The maximum absolute atomic E-state index is 13.3. The lowest BCUT2D eigenvalue weighted by Crippen LogP contribution is -2.59. The van der Waals surface area contributed by atoms with Gasteiger partial charge >= 0.3 is 0 Å². The van der Waals surface area contributed by atoms with Crippen molar-refractivity contribution in [2.75, 3.05) is 46.3 Å². The van der Waals surface area contributed by atoms with Crippen molar-refractivity contribution in [1.29, 1.82) is 0 Å². The smallest absolute Gasteiger partial charge is 0.227 e. The van der Waals surface area contributed by atoms with Gasteiger partial charge < -0.3 is 14.9 Å². The summed E-state index contributed by atoms with van der Waals surface area (Å²) in [5.41, 5.74) is 0.444. The van der Waals surface area contributed by atoms with Crippen LogP contribution in [0.1, 0.15) is 12.0 Å². The first kappa shape index (κ1) is 18.2. The van der Waals surface area contributed by atoms with Crippen LogP contribution in [0.15, 0.2) is 18.2 Å². The molecule has 2 heterocycles. The molecule has 138 valence electrons. The van der Waals surface area contributed by atoms with Gasteiger partial charge in [-0.15, -0.1) is 0 Å². The van der Waals surface area contributed by atoms with Gasteiger partial charge in [0.15, 0.2) is 11.6 Å². The molecule has 1 aromatic carbocycles. The fraction of sp³-hybridized carbons (Fsp3) is 0.611. The number of halogens is 2. The van der Waals surface area contributed by atoms with E-state index in [1.807, 2.05) is 0 Å².